The number of carboxylic acid groups (broad SMARTS) is 1. The summed E-state index contributed by atoms with van der Waals surface area (Å²) in [5, 5.41) is 6.45. The molecule has 0 aliphatic carbocycles. The topological polar surface area (TPSA) is 110 Å². The van der Waals surface area contributed by atoms with Crippen molar-refractivity contribution in [3.05, 3.63) is 0 Å². The number of alkyl halides is 3. The number of carbonyl (C=O) groups excluding carboxylic acids is 1. The number of hydrogen-bond acceptors (Lipinski definition) is 5. The molecule has 0 radical (unpaired) electrons. The number of ketones is 1. The zero-order valence-corrected chi connectivity index (χ0v) is 13.3. The predicted molar refractivity (Wildman–Crippen MR) is 72.3 cm³/mol. The molecular weight excluding hydrogens is 343 g/mol. The number of ether oxygens (including phenoxy) is 1. The van der Waals surface area contributed by atoms with E-state index in [0.29, 0.717) is 0 Å². The van der Waals surface area contributed by atoms with Gasteiger partial charge in [0.15, 0.2) is 5.78 Å². The average molecular weight is 361 g/mol. The fourth-order valence-electron chi connectivity index (χ4n) is 2.66. The van der Waals surface area contributed by atoms with Gasteiger partial charge in [-0.2, -0.15) is 13.2 Å². The molecule has 1 rings (SSSR count). The van der Waals surface area contributed by atoms with E-state index >= 15 is 0 Å². The van der Waals surface area contributed by atoms with Gasteiger partial charge in [-0.1, -0.05) is 6.92 Å². The van der Waals surface area contributed by atoms with Gasteiger partial charge in [-0.25, -0.2) is 17.9 Å². The Morgan fingerprint density at radius 3 is 2.35 bits per heavy atom. The quantitative estimate of drug-likeness (QED) is 0.745. The van der Waals surface area contributed by atoms with E-state index in [2.05, 4.69) is 0 Å². The Hall–Kier alpha value is -1.36. The van der Waals surface area contributed by atoms with Crippen LogP contribution in [0.1, 0.15) is 33.1 Å². The average Bonchev–Trinajstić information content (AvgIpc) is 2.66. The van der Waals surface area contributed by atoms with Gasteiger partial charge in [0.25, 0.3) is 0 Å². The van der Waals surface area contributed by atoms with E-state index in [1.165, 1.54) is 6.92 Å². The molecule has 1 aliphatic heterocycles. The lowest BCUT2D eigenvalue weighted by atomic mass is 9.97. The van der Waals surface area contributed by atoms with Crippen LogP contribution in [-0.4, -0.2) is 49.0 Å². The monoisotopic (exact) mass is 361 g/mol. The van der Waals surface area contributed by atoms with Crippen molar-refractivity contribution in [3.63, 3.8) is 0 Å². The highest BCUT2D eigenvalue weighted by atomic mass is 32.2. The van der Waals surface area contributed by atoms with Crippen molar-refractivity contribution in [2.24, 2.45) is 5.92 Å². The van der Waals surface area contributed by atoms with Crippen molar-refractivity contribution in [1.82, 2.24) is 4.72 Å². The number of amides is 1. The lowest BCUT2D eigenvalue weighted by Crippen LogP contribution is -2.41. The minimum atomic E-state index is -4.79. The lowest BCUT2D eigenvalue weighted by Gasteiger charge is -2.21. The van der Waals surface area contributed by atoms with Gasteiger partial charge in [-0.05, 0) is 25.7 Å². The SMILES string of the molecule is CC(=O)C1OC(CC(CC(F)(F)F)S(=O)(=O)NC(=O)O)CC1C. The van der Waals surface area contributed by atoms with Gasteiger partial charge in [0.1, 0.15) is 6.10 Å². The van der Waals surface area contributed by atoms with Crippen LogP contribution >= 0.6 is 0 Å². The zero-order chi connectivity index (χ0) is 18.0. The van der Waals surface area contributed by atoms with Crippen LogP contribution in [0.15, 0.2) is 0 Å². The van der Waals surface area contributed by atoms with E-state index in [0.717, 1.165) is 4.72 Å². The minimum Gasteiger partial charge on any atom is -0.464 e. The normalized spacial score (nSPS) is 26.7. The Morgan fingerprint density at radius 2 is 1.96 bits per heavy atom. The Balaban J connectivity index is 2.90. The summed E-state index contributed by atoms with van der Waals surface area (Å²) in [4.78, 5) is 21.8. The first kappa shape index (κ1) is 19.7. The number of rotatable bonds is 6. The number of hydrogen-bond donors (Lipinski definition) is 2. The van der Waals surface area contributed by atoms with E-state index in [1.54, 1.807) is 6.92 Å². The summed E-state index contributed by atoms with van der Waals surface area (Å²) in [7, 11) is -4.73. The number of Topliss-reactive ketones (excluding diaryl/α,β-unsaturated/α-hetero) is 1. The molecule has 0 aromatic heterocycles. The molecule has 1 aliphatic rings. The molecule has 1 amide bonds. The molecule has 2 N–H and O–H groups in total. The second kappa shape index (κ2) is 7.04. The van der Waals surface area contributed by atoms with Crippen LogP contribution in [0.3, 0.4) is 0 Å². The van der Waals surface area contributed by atoms with Crippen LogP contribution in [0.25, 0.3) is 0 Å². The summed E-state index contributed by atoms with van der Waals surface area (Å²) < 4.78 is 67.8. The van der Waals surface area contributed by atoms with Crippen molar-refractivity contribution >= 4 is 21.9 Å². The largest absolute Gasteiger partial charge is 0.464 e. The minimum absolute atomic E-state index is 0.223. The van der Waals surface area contributed by atoms with Crippen LogP contribution in [0.4, 0.5) is 18.0 Å². The summed E-state index contributed by atoms with van der Waals surface area (Å²) in [6, 6.07) is 0. The van der Waals surface area contributed by atoms with Crippen LogP contribution in [-0.2, 0) is 19.6 Å². The Morgan fingerprint density at radius 1 is 1.39 bits per heavy atom. The molecule has 11 heteroatoms. The zero-order valence-electron chi connectivity index (χ0n) is 12.5. The highest BCUT2D eigenvalue weighted by Crippen LogP contribution is 2.33. The molecular formula is C12H18F3NO6S. The summed E-state index contributed by atoms with van der Waals surface area (Å²) >= 11 is 0. The van der Waals surface area contributed by atoms with E-state index < -0.39 is 52.6 Å². The molecule has 0 bridgehead atoms. The van der Waals surface area contributed by atoms with E-state index in [4.69, 9.17) is 9.84 Å². The maximum atomic E-state index is 12.6. The van der Waals surface area contributed by atoms with Gasteiger partial charge in [-0.15, -0.1) is 0 Å². The van der Waals surface area contributed by atoms with Gasteiger partial charge < -0.3 is 9.84 Å². The van der Waals surface area contributed by atoms with Gasteiger partial charge >= 0.3 is 12.3 Å². The maximum Gasteiger partial charge on any atom is 0.418 e. The van der Waals surface area contributed by atoms with Gasteiger partial charge in [0, 0.05) is 0 Å². The highest BCUT2D eigenvalue weighted by Gasteiger charge is 2.43. The molecule has 0 saturated carbocycles. The van der Waals surface area contributed by atoms with Crippen molar-refractivity contribution < 1.29 is 41.0 Å². The van der Waals surface area contributed by atoms with E-state index in [-0.39, 0.29) is 18.1 Å². The Bertz CT molecular complexity index is 562. The Kier molecular flexibility index (Phi) is 6.02. The summed E-state index contributed by atoms with van der Waals surface area (Å²) in [5.41, 5.74) is 0. The lowest BCUT2D eigenvalue weighted by molar-refractivity contribution is -0.137. The fourth-order valence-corrected chi connectivity index (χ4v) is 3.95. The van der Waals surface area contributed by atoms with Crippen LogP contribution in [0.5, 0.6) is 0 Å². The van der Waals surface area contributed by atoms with Gasteiger partial charge in [-0.3, -0.25) is 4.79 Å². The highest BCUT2D eigenvalue weighted by molar-refractivity contribution is 7.90. The molecule has 0 aromatic carbocycles. The summed E-state index contributed by atoms with van der Waals surface area (Å²) in [5.74, 6) is -0.543. The first-order valence-corrected chi connectivity index (χ1v) is 8.33. The van der Waals surface area contributed by atoms with Gasteiger partial charge in [0.2, 0.25) is 10.0 Å². The maximum absolute atomic E-state index is 12.6. The van der Waals surface area contributed by atoms with Crippen molar-refractivity contribution in [3.8, 4) is 0 Å². The number of carbonyl (C=O) groups is 2. The summed E-state index contributed by atoms with van der Waals surface area (Å²) in [6.07, 6.45) is -10.4. The third-order valence-electron chi connectivity index (χ3n) is 3.54. The van der Waals surface area contributed by atoms with Crippen molar-refractivity contribution in [2.45, 2.75) is 56.7 Å². The molecule has 7 nitrogen and oxygen atoms in total. The molecule has 23 heavy (non-hydrogen) atoms. The second-order valence-corrected chi connectivity index (χ2v) is 7.59. The third-order valence-corrected chi connectivity index (χ3v) is 5.24. The smallest absolute Gasteiger partial charge is 0.418 e. The van der Waals surface area contributed by atoms with Crippen LogP contribution in [0, 0.1) is 5.92 Å². The number of sulfonamides is 1. The second-order valence-electron chi connectivity index (χ2n) is 5.63. The van der Waals surface area contributed by atoms with Crippen molar-refractivity contribution in [2.75, 3.05) is 0 Å². The molecule has 0 spiro atoms. The molecule has 1 fully saturated rings. The molecule has 4 unspecified atom stereocenters. The summed E-state index contributed by atoms with van der Waals surface area (Å²) in [6.45, 7) is 2.95. The van der Waals surface area contributed by atoms with E-state index in [9.17, 15) is 31.2 Å². The molecule has 4 atom stereocenters. The standard InChI is InChI=1S/C12H18F3NO6S/c1-6-3-8(22-10(6)7(2)17)4-9(5-12(13,14)15)23(20,21)16-11(18)19/h6,8-10,16H,3-5H2,1-2H3,(H,18,19). The first-order valence-electron chi connectivity index (χ1n) is 6.79. The third kappa shape index (κ3) is 5.98. The Labute approximate surface area is 131 Å². The van der Waals surface area contributed by atoms with E-state index in [1.807, 2.05) is 0 Å². The van der Waals surface area contributed by atoms with Gasteiger partial charge in [0.05, 0.1) is 17.8 Å². The first-order chi connectivity index (χ1) is 10.3. The number of halogens is 3. The fraction of sp³-hybridized carbons (Fsp3) is 0.833. The van der Waals surface area contributed by atoms with Crippen molar-refractivity contribution in [1.29, 1.82) is 0 Å². The molecule has 1 saturated heterocycles. The van der Waals surface area contributed by atoms with Crippen LogP contribution in [0.2, 0.25) is 0 Å². The van der Waals surface area contributed by atoms with Crippen LogP contribution < -0.4 is 4.72 Å². The molecule has 134 valence electrons. The molecule has 1 heterocycles. The molecule has 0 aromatic rings. The number of nitrogens with one attached hydrogen (secondary N) is 1. The predicted octanol–water partition coefficient (Wildman–Crippen LogP) is 1.68.